The SMILES string of the molecule is O=C1CN(c2ccc(Oc3ccccc3)cc2)C(=O)C2=C1CSC2C(=O)O. The maximum atomic E-state index is 12.9. The Kier molecular flexibility index (Phi) is 4.45. The van der Waals surface area contributed by atoms with E-state index in [1.165, 1.54) is 4.90 Å². The van der Waals surface area contributed by atoms with Crippen LogP contribution in [-0.4, -0.2) is 40.3 Å². The predicted molar refractivity (Wildman–Crippen MR) is 101 cm³/mol. The molecule has 0 aliphatic carbocycles. The molecule has 1 atom stereocenters. The molecule has 1 amide bonds. The molecule has 2 aliphatic rings. The first-order valence-electron chi connectivity index (χ1n) is 8.30. The van der Waals surface area contributed by atoms with Crippen molar-refractivity contribution in [3.63, 3.8) is 0 Å². The summed E-state index contributed by atoms with van der Waals surface area (Å²) in [5.41, 5.74) is 0.979. The van der Waals surface area contributed by atoms with Crippen LogP contribution in [0.5, 0.6) is 11.5 Å². The molecule has 2 aliphatic heterocycles. The molecule has 0 spiro atoms. The zero-order chi connectivity index (χ0) is 19.0. The number of carboxylic acids is 1. The second-order valence-corrected chi connectivity index (χ2v) is 7.24. The minimum Gasteiger partial charge on any atom is -0.480 e. The van der Waals surface area contributed by atoms with E-state index in [0.717, 1.165) is 11.8 Å². The Morgan fingerprint density at radius 2 is 1.70 bits per heavy atom. The summed E-state index contributed by atoms with van der Waals surface area (Å²) < 4.78 is 5.73. The van der Waals surface area contributed by atoms with Crippen molar-refractivity contribution in [3.8, 4) is 11.5 Å². The highest BCUT2D eigenvalue weighted by Crippen LogP contribution is 2.38. The summed E-state index contributed by atoms with van der Waals surface area (Å²) in [6.45, 7) is -0.0799. The second-order valence-electron chi connectivity index (χ2n) is 6.14. The van der Waals surface area contributed by atoms with Crippen LogP contribution in [0.15, 0.2) is 65.7 Å². The van der Waals surface area contributed by atoms with Crippen molar-refractivity contribution in [1.82, 2.24) is 0 Å². The standard InChI is InChI=1S/C20H15NO5S/c22-16-10-21(19(23)17-15(16)11-27-18(17)20(24)25)12-6-8-14(9-7-12)26-13-4-2-1-3-5-13/h1-9,18H,10-11H2,(H,24,25). The highest BCUT2D eigenvalue weighted by molar-refractivity contribution is 8.01. The number of carbonyl (C=O) groups excluding carboxylic acids is 2. The number of carbonyl (C=O) groups is 3. The van der Waals surface area contributed by atoms with Gasteiger partial charge >= 0.3 is 5.97 Å². The molecule has 0 saturated carbocycles. The third-order valence-corrected chi connectivity index (χ3v) is 5.67. The molecule has 2 aromatic rings. The van der Waals surface area contributed by atoms with Gasteiger partial charge in [-0.2, -0.15) is 0 Å². The number of ketones is 1. The third kappa shape index (κ3) is 3.21. The molecule has 7 heteroatoms. The lowest BCUT2D eigenvalue weighted by Crippen LogP contribution is -2.44. The van der Waals surface area contributed by atoms with E-state index in [9.17, 15) is 19.5 Å². The third-order valence-electron chi connectivity index (χ3n) is 4.45. The number of ether oxygens (including phenoxy) is 1. The van der Waals surface area contributed by atoms with E-state index >= 15 is 0 Å². The number of hydrogen-bond acceptors (Lipinski definition) is 5. The van der Waals surface area contributed by atoms with Gasteiger partial charge in [0.25, 0.3) is 5.91 Å². The molecule has 2 aromatic carbocycles. The molecule has 136 valence electrons. The fourth-order valence-corrected chi connectivity index (χ4v) is 4.34. The Labute approximate surface area is 159 Å². The van der Waals surface area contributed by atoms with Gasteiger partial charge < -0.3 is 14.7 Å². The molecule has 27 heavy (non-hydrogen) atoms. The number of hydrogen-bond donors (Lipinski definition) is 1. The molecular formula is C20H15NO5S. The topological polar surface area (TPSA) is 83.9 Å². The van der Waals surface area contributed by atoms with E-state index in [1.54, 1.807) is 24.3 Å². The molecule has 0 bridgehead atoms. The van der Waals surface area contributed by atoms with Gasteiger partial charge in [-0.1, -0.05) is 18.2 Å². The maximum absolute atomic E-state index is 12.9. The molecule has 2 heterocycles. The average Bonchev–Trinajstić information content (AvgIpc) is 3.13. The summed E-state index contributed by atoms with van der Waals surface area (Å²) in [6, 6.07) is 16.1. The zero-order valence-electron chi connectivity index (χ0n) is 14.1. The van der Waals surface area contributed by atoms with Gasteiger partial charge in [0.05, 0.1) is 6.54 Å². The second kappa shape index (κ2) is 6.92. The molecule has 4 rings (SSSR count). The number of aliphatic carboxylic acids is 1. The first-order valence-corrected chi connectivity index (χ1v) is 9.35. The van der Waals surface area contributed by atoms with Crippen molar-refractivity contribution >= 4 is 35.1 Å². The van der Waals surface area contributed by atoms with Gasteiger partial charge in [0, 0.05) is 22.6 Å². The highest BCUT2D eigenvalue weighted by Gasteiger charge is 2.44. The van der Waals surface area contributed by atoms with Crippen LogP contribution in [0.4, 0.5) is 5.69 Å². The van der Waals surface area contributed by atoms with Gasteiger partial charge in [0.15, 0.2) is 5.78 Å². The summed E-state index contributed by atoms with van der Waals surface area (Å²) >= 11 is 1.10. The summed E-state index contributed by atoms with van der Waals surface area (Å²) in [7, 11) is 0. The summed E-state index contributed by atoms with van der Waals surface area (Å²) in [6.07, 6.45) is 0. The monoisotopic (exact) mass is 381 g/mol. The van der Waals surface area contributed by atoms with Gasteiger partial charge in [-0.05, 0) is 36.4 Å². The summed E-state index contributed by atoms with van der Waals surface area (Å²) in [5.74, 6) is -0.157. The lowest BCUT2D eigenvalue weighted by Gasteiger charge is -2.28. The van der Waals surface area contributed by atoms with E-state index in [1.807, 2.05) is 30.3 Å². The lowest BCUT2D eigenvalue weighted by atomic mass is 9.96. The molecule has 6 nitrogen and oxygen atoms in total. The maximum Gasteiger partial charge on any atom is 0.321 e. The van der Waals surface area contributed by atoms with Crippen molar-refractivity contribution in [2.45, 2.75) is 5.25 Å². The normalized spacial score (nSPS) is 19.3. The number of carboxylic acid groups (broad SMARTS) is 1. The van der Waals surface area contributed by atoms with Crippen LogP contribution in [-0.2, 0) is 14.4 Å². The van der Waals surface area contributed by atoms with Crippen LogP contribution < -0.4 is 9.64 Å². The fraction of sp³-hybridized carbons (Fsp3) is 0.150. The van der Waals surface area contributed by atoms with E-state index in [2.05, 4.69) is 0 Å². The Morgan fingerprint density at radius 3 is 2.37 bits per heavy atom. The average molecular weight is 381 g/mol. The molecular weight excluding hydrogens is 366 g/mol. The number of thioether (sulfide) groups is 1. The number of para-hydroxylation sites is 1. The molecule has 1 unspecified atom stereocenters. The number of benzene rings is 2. The van der Waals surface area contributed by atoms with Crippen LogP contribution in [0, 0.1) is 0 Å². The van der Waals surface area contributed by atoms with E-state index in [0.29, 0.717) is 22.8 Å². The van der Waals surface area contributed by atoms with Crippen molar-refractivity contribution in [2.24, 2.45) is 0 Å². The van der Waals surface area contributed by atoms with Gasteiger partial charge in [-0.3, -0.25) is 14.4 Å². The Hall–Kier alpha value is -3.06. The number of anilines is 1. The summed E-state index contributed by atoms with van der Waals surface area (Å²) in [4.78, 5) is 38.0. The number of Topliss-reactive ketones (excluding diaryl/α,β-unsaturated/α-hetero) is 1. The van der Waals surface area contributed by atoms with E-state index in [4.69, 9.17) is 4.74 Å². The Bertz CT molecular complexity index is 952. The van der Waals surface area contributed by atoms with Crippen LogP contribution >= 0.6 is 11.8 Å². The highest BCUT2D eigenvalue weighted by atomic mass is 32.2. The van der Waals surface area contributed by atoms with Gasteiger partial charge in [-0.25, -0.2) is 0 Å². The Balaban J connectivity index is 1.58. The smallest absolute Gasteiger partial charge is 0.321 e. The zero-order valence-corrected chi connectivity index (χ0v) is 14.9. The molecule has 0 fully saturated rings. The minimum absolute atomic E-state index is 0.0799. The molecule has 0 saturated heterocycles. The Morgan fingerprint density at radius 1 is 1.04 bits per heavy atom. The predicted octanol–water partition coefficient (Wildman–Crippen LogP) is 2.89. The summed E-state index contributed by atoms with van der Waals surface area (Å²) in [5, 5.41) is 8.35. The van der Waals surface area contributed by atoms with Crippen LogP contribution in [0.3, 0.4) is 0 Å². The minimum atomic E-state index is -1.10. The van der Waals surface area contributed by atoms with Crippen LogP contribution in [0.2, 0.25) is 0 Å². The number of nitrogens with zero attached hydrogens (tertiary/aromatic N) is 1. The molecule has 0 radical (unpaired) electrons. The van der Waals surface area contributed by atoms with Crippen LogP contribution in [0.1, 0.15) is 0 Å². The molecule has 1 N–H and O–H groups in total. The largest absolute Gasteiger partial charge is 0.480 e. The quantitative estimate of drug-likeness (QED) is 0.877. The first kappa shape index (κ1) is 17.4. The number of rotatable bonds is 4. The van der Waals surface area contributed by atoms with Crippen molar-refractivity contribution < 1.29 is 24.2 Å². The van der Waals surface area contributed by atoms with Gasteiger partial charge in [0.1, 0.15) is 16.7 Å². The van der Waals surface area contributed by atoms with E-state index < -0.39 is 17.1 Å². The van der Waals surface area contributed by atoms with Gasteiger partial charge in [-0.15, -0.1) is 11.8 Å². The fourth-order valence-electron chi connectivity index (χ4n) is 3.14. The van der Waals surface area contributed by atoms with Crippen molar-refractivity contribution in [2.75, 3.05) is 17.2 Å². The van der Waals surface area contributed by atoms with Gasteiger partial charge in [0.2, 0.25) is 0 Å². The number of amides is 1. The lowest BCUT2D eigenvalue weighted by molar-refractivity contribution is -0.136. The first-order chi connectivity index (χ1) is 13.0. The van der Waals surface area contributed by atoms with Crippen molar-refractivity contribution in [3.05, 3.63) is 65.7 Å². The van der Waals surface area contributed by atoms with Crippen molar-refractivity contribution in [1.29, 1.82) is 0 Å². The molecule has 0 aromatic heterocycles. The van der Waals surface area contributed by atoms with E-state index in [-0.39, 0.29) is 23.7 Å². The van der Waals surface area contributed by atoms with Crippen LogP contribution in [0.25, 0.3) is 0 Å².